The minimum Gasteiger partial charge on any atom is -0.375 e. The Bertz CT molecular complexity index is 337. The molecule has 0 aromatic carbocycles. The van der Waals surface area contributed by atoms with Crippen molar-refractivity contribution in [3.05, 3.63) is 0 Å². The Labute approximate surface area is 135 Å². The molecule has 3 fully saturated rings. The third-order valence-corrected chi connectivity index (χ3v) is 7.33. The predicted molar refractivity (Wildman–Crippen MR) is 92.0 cm³/mol. The van der Waals surface area contributed by atoms with Crippen molar-refractivity contribution >= 4 is 11.8 Å². The van der Waals surface area contributed by atoms with Crippen molar-refractivity contribution in [1.82, 2.24) is 5.32 Å². The van der Waals surface area contributed by atoms with E-state index in [9.17, 15) is 0 Å². The van der Waals surface area contributed by atoms with Gasteiger partial charge in [0.1, 0.15) is 0 Å². The van der Waals surface area contributed by atoms with Crippen LogP contribution in [0.4, 0.5) is 0 Å². The topological polar surface area (TPSA) is 21.3 Å². The number of hydrogen-bond acceptors (Lipinski definition) is 3. The summed E-state index contributed by atoms with van der Waals surface area (Å²) in [6.45, 7) is 7.04. The standard InChI is InChI=1S/C18H33NOS/c1-3-9-19-16-4-6-17(2,14-16)15-5-10-20-18(13-15)7-11-21-12-8-18/h15-16,19H,3-14H2,1-2H3. The van der Waals surface area contributed by atoms with Crippen LogP contribution in [0.3, 0.4) is 0 Å². The first-order valence-corrected chi connectivity index (χ1v) is 10.3. The van der Waals surface area contributed by atoms with E-state index in [4.69, 9.17) is 4.74 Å². The van der Waals surface area contributed by atoms with Crippen molar-refractivity contribution in [2.24, 2.45) is 11.3 Å². The van der Waals surface area contributed by atoms with Crippen LogP contribution in [0.15, 0.2) is 0 Å². The van der Waals surface area contributed by atoms with Crippen LogP contribution in [0.25, 0.3) is 0 Å². The summed E-state index contributed by atoms with van der Waals surface area (Å²) in [6.07, 6.45) is 10.7. The van der Waals surface area contributed by atoms with Gasteiger partial charge in [0.05, 0.1) is 5.60 Å². The van der Waals surface area contributed by atoms with Gasteiger partial charge in [0.15, 0.2) is 0 Å². The van der Waals surface area contributed by atoms with Crippen LogP contribution in [0.1, 0.15) is 65.2 Å². The molecule has 2 aliphatic heterocycles. The van der Waals surface area contributed by atoms with Gasteiger partial charge in [0.25, 0.3) is 0 Å². The number of nitrogens with one attached hydrogen (secondary N) is 1. The molecule has 1 aliphatic carbocycles. The predicted octanol–water partition coefficient (Wildman–Crippen LogP) is 4.24. The van der Waals surface area contributed by atoms with Crippen molar-refractivity contribution in [1.29, 1.82) is 0 Å². The zero-order valence-electron chi connectivity index (χ0n) is 14.0. The molecule has 3 rings (SSSR count). The van der Waals surface area contributed by atoms with E-state index in [1.807, 2.05) is 0 Å². The summed E-state index contributed by atoms with van der Waals surface area (Å²) in [5.74, 6) is 3.51. The Hall–Kier alpha value is 0.270. The molecule has 2 saturated heterocycles. The lowest BCUT2D eigenvalue weighted by Gasteiger charge is -2.48. The first kappa shape index (κ1) is 16.1. The molecule has 3 unspecified atom stereocenters. The molecule has 0 radical (unpaired) electrons. The molecule has 3 heteroatoms. The van der Waals surface area contributed by atoms with Crippen molar-refractivity contribution in [3.63, 3.8) is 0 Å². The van der Waals surface area contributed by atoms with Crippen LogP contribution >= 0.6 is 11.8 Å². The van der Waals surface area contributed by atoms with Crippen LogP contribution in [-0.2, 0) is 4.74 Å². The maximum Gasteiger partial charge on any atom is 0.0701 e. The van der Waals surface area contributed by atoms with Gasteiger partial charge in [0.2, 0.25) is 0 Å². The van der Waals surface area contributed by atoms with E-state index in [0.717, 1.165) is 18.6 Å². The normalized spacial score (nSPS) is 39.7. The highest BCUT2D eigenvalue weighted by Crippen LogP contribution is 2.52. The number of rotatable bonds is 4. The zero-order chi connectivity index (χ0) is 14.8. The van der Waals surface area contributed by atoms with E-state index in [-0.39, 0.29) is 5.60 Å². The van der Waals surface area contributed by atoms with Crippen LogP contribution in [-0.4, -0.2) is 36.3 Å². The largest absolute Gasteiger partial charge is 0.375 e. The van der Waals surface area contributed by atoms with E-state index in [1.165, 1.54) is 69.4 Å². The summed E-state index contributed by atoms with van der Waals surface area (Å²) in [7, 11) is 0. The van der Waals surface area contributed by atoms with Crippen molar-refractivity contribution < 1.29 is 4.74 Å². The Morgan fingerprint density at radius 3 is 2.71 bits per heavy atom. The molecule has 2 heterocycles. The Balaban J connectivity index is 1.60. The second-order valence-corrected chi connectivity index (χ2v) is 9.11. The molecule has 0 aromatic heterocycles. The van der Waals surface area contributed by atoms with Gasteiger partial charge in [-0.15, -0.1) is 0 Å². The summed E-state index contributed by atoms with van der Waals surface area (Å²) in [5, 5.41) is 3.76. The van der Waals surface area contributed by atoms with Gasteiger partial charge in [-0.3, -0.25) is 0 Å². The van der Waals surface area contributed by atoms with Gasteiger partial charge in [-0.1, -0.05) is 13.8 Å². The lowest BCUT2D eigenvalue weighted by Crippen LogP contribution is -2.46. The summed E-state index contributed by atoms with van der Waals surface area (Å²) >= 11 is 2.11. The van der Waals surface area contributed by atoms with E-state index in [2.05, 4.69) is 30.9 Å². The Kier molecular flexibility index (Phi) is 5.23. The second-order valence-electron chi connectivity index (χ2n) is 7.88. The van der Waals surface area contributed by atoms with Crippen molar-refractivity contribution in [2.75, 3.05) is 24.7 Å². The van der Waals surface area contributed by atoms with Crippen LogP contribution in [0.2, 0.25) is 0 Å². The van der Waals surface area contributed by atoms with Gasteiger partial charge in [0, 0.05) is 12.6 Å². The van der Waals surface area contributed by atoms with Crippen molar-refractivity contribution in [2.45, 2.75) is 76.9 Å². The SMILES string of the molecule is CCCNC1CCC(C)(C2CCOC3(CCSCC3)C2)C1. The summed E-state index contributed by atoms with van der Waals surface area (Å²) in [5.41, 5.74) is 0.818. The van der Waals surface area contributed by atoms with Gasteiger partial charge >= 0.3 is 0 Å². The summed E-state index contributed by atoms with van der Waals surface area (Å²) in [4.78, 5) is 0. The van der Waals surface area contributed by atoms with Gasteiger partial charge in [-0.05, 0) is 80.7 Å². The zero-order valence-corrected chi connectivity index (χ0v) is 14.8. The smallest absolute Gasteiger partial charge is 0.0701 e. The summed E-state index contributed by atoms with van der Waals surface area (Å²) in [6, 6.07) is 0.774. The molecule has 0 aromatic rings. The second kappa shape index (κ2) is 6.80. The highest BCUT2D eigenvalue weighted by molar-refractivity contribution is 7.99. The fourth-order valence-electron chi connectivity index (χ4n) is 4.88. The third kappa shape index (κ3) is 3.61. The molecule has 1 N–H and O–H groups in total. The maximum atomic E-state index is 6.30. The molecular weight excluding hydrogens is 278 g/mol. The molecule has 122 valence electrons. The molecule has 1 spiro atoms. The maximum absolute atomic E-state index is 6.30. The molecule has 0 amide bonds. The molecular formula is C18H33NOS. The minimum atomic E-state index is 0.256. The van der Waals surface area contributed by atoms with Crippen LogP contribution in [0, 0.1) is 11.3 Å². The molecule has 2 nitrogen and oxygen atoms in total. The Morgan fingerprint density at radius 1 is 1.14 bits per heavy atom. The van der Waals surface area contributed by atoms with Crippen LogP contribution in [0.5, 0.6) is 0 Å². The quantitative estimate of drug-likeness (QED) is 0.839. The number of ether oxygens (including phenoxy) is 1. The van der Waals surface area contributed by atoms with Gasteiger partial charge in [-0.25, -0.2) is 0 Å². The first-order valence-electron chi connectivity index (χ1n) is 9.11. The average Bonchev–Trinajstić information content (AvgIpc) is 2.89. The molecule has 3 aliphatic rings. The van der Waals surface area contributed by atoms with Crippen molar-refractivity contribution in [3.8, 4) is 0 Å². The molecule has 0 bridgehead atoms. The van der Waals surface area contributed by atoms with E-state index in [1.54, 1.807) is 0 Å². The molecule has 3 atom stereocenters. The summed E-state index contributed by atoms with van der Waals surface area (Å²) < 4.78 is 6.30. The molecule has 1 saturated carbocycles. The average molecular weight is 312 g/mol. The monoisotopic (exact) mass is 311 g/mol. The molecule has 21 heavy (non-hydrogen) atoms. The Morgan fingerprint density at radius 2 is 1.95 bits per heavy atom. The van der Waals surface area contributed by atoms with Gasteiger partial charge in [-0.2, -0.15) is 11.8 Å². The van der Waals surface area contributed by atoms with E-state index >= 15 is 0 Å². The first-order chi connectivity index (χ1) is 10.2. The van der Waals surface area contributed by atoms with E-state index < -0.39 is 0 Å². The fraction of sp³-hybridized carbons (Fsp3) is 1.00. The number of thioether (sulfide) groups is 1. The fourth-order valence-corrected chi connectivity index (χ4v) is 6.12. The highest BCUT2D eigenvalue weighted by Gasteiger charge is 2.47. The lowest BCUT2D eigenvalue weighted by molar-refractivity contribution is -0.122. The highest BCUT2D eigenvalue weighted by atomic mass is 32.2. The minimum absolute atomic E-state index is 0.256. The number of hydrogen-bond donors (Lipinski definition) is 1. The van der Waals surface area contributed by atoms with E-state index in [0.29, 0.717) is 5.41 Å². The van der Waals surface area contributed by atoms with Crippen LogP contribution < -0.4 is 5.32 Å². The third-order valence-electron chi connectivity index (χ3n) is 6.34. The lowest BCUT2D eigenvalue weighted by atomic mass is 9.67. The van der Waals surface area contributed by atoms with Gasteiger partial charge < -0.3 is 10.1 Å².